The van der Waals surface area contributed by atoms with Gasteiger partial charge in [-0.2, -0.15) is 0 Å². The van der Waals surface area contributed by atoms with Crippen LogP contribution in [0.1, 0.15) is 38.2 Å². The van der Waals surface area contributed by atoms with Crippen LogP contribution in [0.15, 0.2) is 29.3 Å². The van der Waals surface area contributed by atoms with E-state index in [2.05, 4.69) is 11.9 Å². The number of carbonyl (C=O) groups is 1. The highest BCUT2D eigenvalue weighted by Crippen LogP contribution is 2.17. The summed E-state index contributed by atoms with van der Waals surface area (Å²) in [5, 5.41) is 0.573. The molecule has 1 aliphatic rings. The van der Waals surface area contributed by atoms with Gasteiger partial charge >= 0.3 is 0 Å². The summed E-state index contributed by atoms with van der Waals surface area (Å²) in [6.07, 6.45) is 5.92. The Balaban J connectivity index is 1.88. The van der Waals surface area contributed by atoms with Crippen LogP contribution < -0.4 is 5.56 Å². The highest BCUT2D eigenvalue weighted by molar-refractivity contribution is 5.81. The first kappa shape index (κ1) is 15.7. The summed E-state index contributed by atoms with van der Waals surface area (Å²) in [6, 6.07) is 5.80. The van der Waals surface area contributed by atoms with E-state index in [1.165, 1.54) is 23.7 Å². The van der Waals surface area contributed by atoms with Crippen molar-refractivity contribution in [2.24, 2.45) is 0 Å². The second kappa shape index (κ2) is 6.52. The Labute approximate surface area is 135 Å². The molecule has 1 amide bonds. The Hall–Kier alpha value is -2.17. The monoisotopic (exact) mass is 313 g/mol. The molecule has 0 N–H and O–H groups in total. The zero-order valence-corrected chi connectivity index (χ0v) is 13.8. The van der Waals surface area contributed by atoms with E-state index < -0.39 is 0 Å². The Kier molecular flexibility index (Phi) is 4.46. The lowest BCUT2D eigenvalue weighted by Crippen LogP contribution is -2.41. The van der Waals surface area contributed by atoms with Gasteiger partial charge in [0.15, 0.2) is 0 Å². The maximum absolute atomic E-state index is 12.6. The van der Waals surface area contributed by atoms with Crippen LogP contribution in [-0.2, 0) is 11.3 Å². The topological polar surface area (TPSA) is 55.2 Å². The van der Waals surface area contributed by atoms with Gasteiger partial charge in [-0.1, -0.05) is 25.0 Å². The van der Waals surface area contributed by atoms with Gasteiger partial charge in [0.2, 0.25) is 5.91 Å². The van der Waals surface area contributed by atoms with Gasteiger partial charge in [0.25, 0.3) is 5.56 Å². The summed E-state index contributed by atoms with van der Waals surface area (Å²) >= 11 is 0. The first-order valence-electron chi connectivity index (χ1n) is 8.32. The van der Waals surface area contributed by atoms with Crippen LogP contribution in [0.2, 0.25) is 0 Å². The molecule has 122 valence electrons. The Morgan fingerprint density at radius 2 is 2.13 bits per heavy atom. The number of carbonyl (C=O) groups excluding carboxylic acids is 1. The molecule has 5 heteroatoms. The molecule has 1 fully saturated rings. The van der Waals surface area contributed by atoms with E-state index in [1.54, 1.807) is 6.07 Å². The molecule has 2 aromatic rings. The molecule has 3 rings (SSSR count). The van der Waals surface area contributed by atoms with E-state index in [4.69, 9.17) is 0 Å². The lowest BCUT2D eigenvalue weighted by atomic mass is 10.1. The molecule has 1 atom stereocenters. The van der Waals surface area contributed by atoms with Gasteiger partial charge in [0, 0.05) is 12.6 Å². The number of likely N-dealkylation sites (tertiary alicyclic amines) is 1. The fraction of sp³-hybridized carbons (Fsp3) is 0.500. The number of rotatable bonds is 2. The van der Waals surface area contributed by atoms with Gasteiger partial charge in [-0.3, -0.25) is 14.2 Å². The number of fused-ring (bicyclic) bond motifs is 1. The van der Waals surface area contributed by atoms with Gasteiger partial charge in [0.05, 0.1) is 17.2 Å². The average Bonchev–Trinajstić information content (AvgIpc) is 2.75. The van der Waals surface area contributed by atoms with Crippen LogP contribution in [0.25, 0.3) is 10.9 Å². The third kappa shape index (κ3) is 3.14. The minimum absolute atomic E-state index is 0.00954. The predicted molar refractivity (Wildman–Crippen MR) is 90.4 cm³/mol. The third-order valence-electron chi connectivity index (χ3n) is 4.73. The van der Waals surface area contributed by atoms with E-state index in [0.29, 0.717) is 10.9 Å². The molecule has 0 bridgehead atoms. The maximum Gasteiger partial charge on any atom is 0.261 e. The second-order valence-electron chi connectivity index (χ2n) is 6.43. The predicted octanol–water partition coefficient (Wildman–Crippen LogP) is 2.50. The van der Waals surface area contributed by atoms with Crippen LogP contribution in [0.5, 0.6) is 0 Å². The zero-order valence-electron chi connectivity index (χ0n) is 13.8. The number of para-hydroxylation sites is 1. The van der Waals surface area contributed by atoms with Crippen molar-refractivity contribution in [3.8, 4) is 0 Å². The summed E-state index contributed by atoms with van der Waals surface area (Å²) in [5.74, 6) is 0.00954. The van der Waals surface area contributed by atoms with Gasteiger partial charge in [-0.15, -0.1) is 0 Å². The molecule has 23 heavy (non-hydrogen) atoms. The van der Waals surface area contributed by atoms with E-state index >= 15 is 0 Å². The lowest BCUT2D eigenvalue weighted by Gasteiger charge is -2.27. The molecule has 1 aromatic heterocycles. The third-order valence-corrected chi connectivity index (χ3v) is 4.73. The molecule has 0 saturated carbocycles. The number of benzene rings is 1. The molecule has 0 aliphatic carbocycles. The lowest BCUT2D eigenvalue weighted by molar-refractivity contribution is -0.133. The van der Waals surface area contributed by atoms with Crippen LogP contribution >= 0.6 is 0 Å². The van der Waals surface area contributed by atoms with Crippen molar-refractivity contribution in [2.45, 2.75) is 52.1 Å². The summed E-state index contributed by atoms with van der Waals surface area (Å²) in [6.45, 7) is 4.88. The normalized spacial score (nSPS) is 18.9. The fourth-order valence-electron chi connectivity index (χ4n) is 3.33. The van der Waals surface area contributed by atoms with Crippen molar-refractivity contribution in [1.29, 1.82) is 0 Å². The van der Waals surface area contributed by atoms with Crippen molar-refractivity contribution >= 4 is 16.8 Å². The minimum Gasteiger partial charge on any atom is -0.338 e. The summed E-state index contributed by atoms with van der Waals surface area (Å²) in [4.78, 5) is 31.5. The van der Waals surface area contributed by atoms with Crippen LogP contribution in [0, 0.1) is 6.92 Å². The molecule has 0 spiro atoms. The highest BCUT2D eigenvalue weighted by Gasteiger charge is 2.22. The summed E-state index contributed by atoms with van der Waals surface area (Å²) in [5.41, 5.74) is 1.54. The Morgan fingerprint density at radius 3 is 2.96 bits per heavy atom. The first-order valence-corrected chi connectivity index (χ1v) is 8.32. The number of amides is 1. The van der Waals surface area contributed by atoms with Crippen molar-refractivity contribution in [3.63, 3.8) is 0 Å². The molecular weight excluding hydrogens is 290 g/mol. The van der Waals surface area contributed by atoms with E-state index in [-0.39, 0.29) is 24.1 Å². The summed E-state index contributed by atoms with van der Waals surface area (Å²) in [7, 11) is 0. The standard InChI is InChI=1S/C18H23N3O2/c1-13-7-6-9-15-17(13)19-12-20(18(15)23)11-16(22)21-10-5-3-4-8-14(21)2/h6-7,9,12,14H,3-5,8,10-11H2,1-2H3. The SMILES string of the molecule is Cc1cccc2c(=O)n(CC(=O)N3CCCCCC3C)cnc12. The van der Waals surface area contributed by atoms with Gasteiger partial charge in [-0.25, -0.2) is 4.98 Å². The number of aryl methyl sites for hydroxylation is 1. The van der Waals surface area contributed by atoms with Crippen molar-refractivity contribution in [2.75, 3.05) is 6.54 Å². The van der Waals surface area contributed by atoms with Crippen LogP contribution in [-0.4, -0.2) is 32.9 Å². The quantitative estimate of drug-likeness (QED) is 0.856. The van der Waals surface area contributed by atoms with Crippen molar-refractivity contribution < 1.29 is 4.79 Å². The van der Waals surface area contributed by atoms with Gasteiger partial charge in [0.1, 0.15) is 6.54 Å². The number of aromatic nitrogens is 2. The molecule has 1 saturated heterocycles. The van der Waals surface area contributed by atoms with Crippen LogP contribution in [0.3, 0.4) is 0 Å². The van der Waals surface area contributed by atoms with Gasteiger partial charge < -0.3 is 4.90 Å². The molecule has 5 nitrogen and oxygen atoms in total. The molecule has 1 aliphatic heterocycles. The number of nitrogens with zero attached hydrogens (tertiary/aromatic N) is 3. The van der Waals surface area contributed by atoms with E-state index in [9.17, 15) is 9.59 Å². The minimum atomic E-state index is -0.144. The molecular formula is C18H23N3O2. The molecule has 1 unspecified atom stereocenters. The molecule has 0 radical (unpaired) electrons. The van der Waals surface area contributed by atoms with Gasteiger partial charge in [-0.05, 0) is 38.3 Å². The first-order chi connectivity index (χ1) is 11.1. The second-order valence-corrected chi connectivity index (χ2v) is 6.43. The Bertz CT molecular complexity index is 781. The number of hydrogen-bond donors (Lipinski definition) is 0. The van der Waals surface area contributed by atoms with E-state index in [0.717, 1.165) is 24.9 Å². The Morgan fingerprint density at radius 1 is 1.30 bits per heavy atom. The molecule has 2 heterocycles. The maximum atomic E-state index is 12.6. The number of hydrogen-bond acceptors (Lipinski definition) is 3. The summed E-state index contributed by atoms with van der Waals surface area (Å²) < 4.78 is 1.43. The van der Waals surface area contributed by atoms with Crippen LogP contribution in [0.4, 0.5) is 0 Å². The van der Waals surface area contributed by atoms with Crippen molar-refractivity contribution in [3.05, 3.63) is 40.4 Å². The smallest absolute Gasteiger partial charge is 0.261 e. The van der Waals surface area contributed by atoms with Crippen molar-refractivity contribution in [1.82, 2.24) is 14.5 Å². The largest absolute Gasteiger partial charge is 0.338 e. The zero-order chi connectivity index (χ0) is 16.4. The van der Waals surface area contributed by atoms with E-state index in [1.807, 2.05) is 24.0 Å². The average molecular weight is 313 g/mol. The fourth-order valence-corrected chi connectivity index (χ4v) is 3.33. The molecule has 1 aromatic carbocycles. The highest BCUT2D eigenvalue weighted by atomic mass is 16.2.